The van der Waals surface area contributed by atoms with Crippen LogP contribution < -0.4 is 5.73 Å². The van der Waals surface area contributed by atoms with Crippen molar-refractivity contribution in [2.75, 3.05) is 5.73 Å². The van der Waals surface area contributed by atoms with Crippen LogP contribution in [0.2, 0.25) is 0 Å². The Morgan fingerprint density at radius 1 is 0.571 bits per heavy atom. The van der Waals surface area contributed by atoms with Crippen LogP contribution in [-0.4, -0.2) is 0 Å². The molecule has 2 heteroatoms. The first-order chi connectivity index (χ1) is 13.8. The molecule has 0 saturated carbocycles. The number of ether oxygens (including phenoxy) is 1. The lowest BCUT2D eigenvalue weighted by Gasteiger charge is -2.36. The lowest BCUT2D eigenvalue weighted by molar-refractivity contribution is 0.000761. The molecule has 0 heterocycles. The molecule has 0 amide bonds. The first-order valence-electron chi connectivity index (χ1n) is 9.44. The summed E-state index contributed by atoms with van der Waals surface area (Å²) in [7, 11) is 0. The summed E-state index contributed by atoms with van der Waals surface area (Å²) < 4.78 is 6.77. The minimum absolute atomic E-state index is 0.471. The summed E-state index contributed by atoms with van der Waals surface area (Å²) in [6.45, 7) is 0.471. The molecule has 28 heavy (non-hydrogen) atoms. The van der Waals surface area contributed by atoms with Crippen LogP contribution in [0.3, 0.4) is 0 Å². The fourth-order valence-corrected chi connectivity index (χ4v) is 3.65. The van der Waals surface area contributed by atoms with Crippen LogP contribution in [0.15, 0.2) is 115 Å². The standard InChI is InChI=1S/C26H23NO/c27-25-19-11-10-18-24(25)26(22-14-6-2-7-15-22,23-16-8-3-9-17-23)28-20-21-12-4-1-5-13-21/h1-19H,20,27H2. The predicted molar refractivity (Wildman–Crippen MR) is 115 cm³/mol. The van der Waals surface area contributed by atoms with Crippen molar-refractivity contribution < 1.29 is 4.74 Å². The van der Waals surface area contributed by atoms with Crippen LogP contribution in [0.5, 0.6) is 0 Å². The molecule has 0 aliphatic heterocycles. The maximum atomic E-state index is 6.77. The summed E-state index contributed by atoms with van der Waals surface area (Å²) in [5.74, 6) is 0. The van der Waals surface area contributed by atoms with E-state index in [-0.39, 0.29) is 0 Å². The van der Waals surface area contributed by atoms with E-state index in [4.69, 9.17) is 10.5 Å². The molecule has 138 valence electrons. The number of rotatable bonds is 6. The number of para-hydroxylation sites is 1. The maximum absolute atomic E-state index is 6.77. The van der Waals surface area contributed by atoms with Crippen LogP contribution in [0.1, 0.15) is 22.3 Å². The van der Waals surface area contributed by atoms with Gasteiger partial charge in [0, 0.05) is 11.3 Å². The normalized spacial score (nSPS) is 11.3. The summed E-state index contributed by atoms with van der Waals surface area (Å²) in [4.78, 5) is 0. The monoisotopic (exact) mass is 365 g/mol. The molecular weight excluding hydrogens is 342 g/mol. The highest BCUT2D eigenvalue weighted by Gasteiger charge is 2.39. The minimum Gasteiger partial charge on any atom is -0.398 e. The molecule has 0 aliphatic rings. The van der Waals surface area contributed by atoms with Gasteiger partial charge in [0.15, 0.2) is 0 Å². The van der Waals surface area contributed by atoms with Crippen LogP contribution in [0, 0.1) is 0 Å². The van der Waals surface area contributed by atoms with Gasteiger partial charge in [-0.15, -0.1) is 0 Å². The second-order valence-electron chi connectivity index (χ2n) is 6.77. The van der Waals surface area contributed by atoms with Gasteiger partial charge in [0.05, 0.1) is 6.61 Å². The van der Waals surface area contributed by atoms with E-state index in [1.54, 1.807) is 0 Å². The zero-order chi connectivity index (χ0) is 19.2. The van der Waals surface area contributed by atoms with Crippen molar-refractivity contribution in [3.8, 4) is 0 Å². The Hall–Kier alpha value is -3.36. The van der Waals surface area contributed by atoms with Crippen LogP contribution in [0.4, 0.5) is 5.69 Å². The molecule has 0 unspecified atom stereocenters. The van der Waals surface area contributed by atoms with E-state index in [0.717, 1.165) is 22.3 Å². The average Bonchev–Trinajstić information content (AvgIpc) is 2.77. The van der Waals surface area contributed by atoms with Crippen molar-refractivity contribution in [1.82, 2.24) is 0 Å². The van der Waals surface area contributed by atoms with Crippen LogP contribution >= 0.6 is 0 Å². The first-order valence-corrected chi connectivity index (χ1v) is 9.44. The molecule has 0 aliphatic carbocycles. The third-order valence-corrected chi connectivity index (χ3v) is 5.00. The van der Waals surface area contributed by atoms with E-state index in [9.17, 15) is 0 Å². The molecule has 0 spiro atoms. The van der Waals surface area contributed by atoms with Gasteiger partial charge in [-0.25, -0.2) is 0 Å². The number of nitrogen functional groups attached to an aromatic ring is 1. The first kappa shape index (κ1) is 18.0. The number of benzene rings is 4. The van der Waals surface area contributed by atoms with Gasteiger partial charge in [-0.2, -0.15) is 0 Å². The largest absolute Gasteiger partial charge is 0.398 e. The highest BCUT2D eigenvalue weighted by atomic mass is 16.5. The molecule has 0 atom stereocenters. The molecule has 0 bridgehead atoms. The van der Waals surface area contributed by atoms with Crippen molar-refractivity contribution in [2.24, 2.45) is 0 Å². The van der Waals surface area contributed by atoms with Crippen molar-refractivity contribution >= 4 is 5.69 Å². The summed E-state index contributed by atoms with van der Waals surface area (Å²) in [5, 5.41) is 0. The average molecular weight is 365 g/mol. The van der Waals surface area contributed by atoms with Gasteiger partial charge in [-0.1, -0.05) is 109 Å². The Labute approximate surface area is 166 Å². The SMILES string of the molecule is Nc1ccccc1C(OCc1ccccc1)(c1ccccc1)c1ccccc1. The van der Waals surface area contributed by atoms with Crippen molar-refractivity contribution in [2.45, 2.75) is 12.2 Å². The van der Waals surface area contributed by atoms with E-state index in [1.807, 2.05) is 72.8 Å². The fourth-order valence-electron chi connectivity index (χ4n) is 3.65. The molecule has 2 N–H and O–H groups in total. The zero-order valence-electron chi connectivity index (χ0n) is 15.7. The molecule has 0 fully saturated rings. The molecule has 0 radical (unpaired) electrons. The maximum Gasteiger partial charge on any atom is 0.146 e. The summed E-state index contributed by atoms with van der Waals surface area (Å²) in [5.41, 5.74) is 10.5. The molecule has 2 nitrogen and oxygen atoms in total. The topological polar surface area (TPSA) is 35.2 Å². The predicted octanol–water partition coefficient (Wildman–Crippen LogP) is 5.78. The Bertz CT molecular complexity index is 974. The highest BCUT2D eigenvalue weighted by Crippen LogP contribution is 2.43. The van der Waals surface area contributed by atoms with Gasteiger partial charge >= 0.3 is 0 Å². The van der Waals surface area contributed by atoms with Gasteiger partial charge in [0.2, 0.25) is 0 Å². The molecular formula is C26H23NO. The van der Waals surface area contributed by atoms with Crippen molar-refractivity contribution in [3.63, 3.8) is 0 Å². The number of hydrogen-bond donors (Lipinski definition) is 1. The molecule has 4 rings (SSSR count). The summed E-state index contributed by atoms with van der Waals surface area (Å²) >= 11 is 0. The van der Waals surface area contributed by atoms with Crippen LogP contribution in [-0.2, 0) is 16.9 Å². The Morgan fingerprint density at radius 2 is 1.04 bits per heavy atom. The Morgan fingerprint density at radius 3 is 1.57 bits per heavy atom. The minimum atomic E-state index is -0.802. The summed E-state index contributed by atoms with van der Waals surface area (Å²) in [6.07, 6.45) is 0. The lowest BCUT2D eigenvalue weighted by Crippen LogP contribution is -2.33. The van der Waals surface area contributed by atoms with E-state index in [0.29, 0.717) is 12.3 Å². The van der Waals surface area contributed by atoms with Gasteiger partial charge in [0.1, 0.15) is 5.60 Å². The quantitative estimate of drug-likeness (QED) is 0.347. The number of hydrogen-bond acceptors (Lipinski definition) is 2. The zero-order valence-corrected chi connectivity index (χ0v) is 15.7. The Balaban J connectivity index is 1.93. The summed E-state index contributed by atoms with van der Waals surface area (Å²) in [6, 6.07) is 38.8. The number of anilines is 1. The fraction of sp³-hybridized carbons (Fsp3) is 0.0769. The smallest absolute Gasteiger partial charge is 0.146 e. The molecule has 4 aromatic rings. The van der Waals surface area contributed by atoms with Crippen molar-refractivity contribution in [3.05, 3.63) is 138 Å². The molecule has 4 aromatic carbocycles. The molecule has 0 aromatic heterocycles. The lowest BCUT2D eigenvalue weighted by atomic mass is 9.79. The second kappa shape index (κ2) is 8.12. The van der Waals surface area contributed by atoms with E-state index in [2.05, 4.69) is 42.5 Å². The molecule has 0 saturated heterocycles. The van der Waals surface area contributed by atoms with Gasteiger partial charge in [0.25, 0.3) is 0 Å². The van der Waals surface area contributed by atoms with Gasteiger partial charge in [-0.3, -0.25) is 0 Å². The van der Waals surface area contributed by atoms with E-state index < -0.39 is 5.60 Å². The van der Waals surface area contributed by atoms with E-state index >= 15 is 0 Å². The van der Waals surface area contributed by atoms with Crippen LogP contribution in [0.25, 0.3) is 0 Å². The number of nitrogens with two attached hydrogens (primary N) is 1. The highest BCUT2D eigenvalue weighted by molar-refractivity contribution is 5.58. The third kappa shape index (κ3) is 3.42. The van der Waals surface area contributed by atoms with Gasteiger partial charge in [-0.05, 0) is 22.8 Å². The third-order valence-electron chi connectivity index (χ3n) is 5.00. The second-order valence-corrected chi connectivity index (χ2v) is 6.77. The van der Waals surface area contributed by atoms with Crippen molar-refractivity contribution in [1.29, 1.82) is 0 Å². The van der Waals surface area contributed by atoms with Gasteiger partial charge < -0.3 is 10.5 Å². The van der Waals surface area contributed by atoms with E-state index in [1.165, 1.54) is 0 Å². The Kier molecular flexibility index (Phi) is 5.22.